The number of rotatable bonds is 5. The summed E-state index contributed by atoms with van der Waals surface area (Å²) in [6.45, 7) is 1.70. The zero-order valence-corrected chi connectivity index (χ0v) is 11.0. The number of benzene rings is 1. The molecular formula is C12H15ClN2O3. The molecule has 0 saturated heterocycles. The molecule has 0 saturated carbocycles. The third-order valence-electron chi connectivity index (χ3n) is 2.42. The van der Waals surface area contributed by atoms with Crippen molar-refractivity contribution in [1.29, 1.82) is 0 Å². The monoisotopic (exact) mass is 270 g/mol. The third kappa shape index (κ3) is 3.37. The summed E-state index contributed by atoms with van der Waals surface area (Å²) in [6.07, 6.45) is 0. The van der Waals surface area contributed by atoms with Crippen molar-refractivity contribution >= 4 is 29.1 Å². The van der Waals surface area contributed by atoms with Gasteiger partial charge in [0.25, 0.3) is 0 Å². The number of halogens is 1. The maximum absolute atomic E-state index is 11.7. The van der Waals surface area contributed by atoms with Crippen molar-refractivity contribution in [2.24, 2.45) is 11.7 Å². The van der Waals surface area contributed by atoms with E-state index in [0.717, 1.165) is 0 Å². The molecule has 0 aliphatic heterocycles. The van der Waals surface area contributed by atoms with Gasteiger partial charge in [-0.2, -0.15) is 0 Å². The maximum Gasteiger partial charge on any atom is 0.248 e. The molecule has 1 atom stereocenters. The fourth-order valence-corrected chi connectivity index (χ4v) is 1.43. The van der Waals surface area contributed by atoms with E-state index in [9.17, 15) is 9.59 Å². The van der Waals surface area contributed by atoms with Crippen LogP contribution in [0.4, 0.5) is 5.69 Å². The van der Waals surface area contributed by atoms with Gasteiger partial charge < -0.3 is 15.8 Å². The van der Waals surface area contributed by atoms with Crippen molar-refractivity contribution in [3.05, 3.63) is 23.8 Å². The second-order valence-electron chi connectivity index (χ2n) is 3.82. The zero-order chi connectivity index (χ0) is 13.7. The predicted molar refractivity (Wildman–Crippen MR) is 70.0 cm³/mol. The third-order valence-corrected chi connectivity index (χ3v) is 2.88. The van der Waals surface area contributed by atoms with Crippen LogP contribution in [0.15, 0.2) is 18.2 Å². The summed E-state index contributed by atoms with van der Waals surface area (Å²) < 4.78 is 5.09. The Balaban J connectivity index is 3.01. The molecule has 18 heavy (non-hydrogen) atoms. The number of ether oxygens (including phenoxy) is 1. The molecule has 1 aromatic rings. The van der Waals surface area contributed by atoms with Crippen LogP contribution in [0.25, 0.3) is 0 Å². The molecule has 0 aliphatic rings. The van der Waals surface area contributed by atoms with Crippen LogP contribution in [0.1, 0.15) is 17.3 Å². The van der Waals surface area contributed by atoms with Gasteiger partial charge >= 0.3 is 0 Å². The molecule has 0 fully saturated rings. The van der Waals surface area contributed by atoms with Crippen molar-refractivity contribution in [1.82, 2.24) is 0 Å². The highest BCUT2D eigenvalue weighted by Crippen LogP contribution is 2.25. The van der Waals surface area contributed by atoms with Gasteiger partial charge in [-0.25, -0.2) is 0 Å². The summed E-state index contributed by atoms with van der Waals surface area (Å²) in [4.78, 5) is 22.8. The average molecular weight is 271 g/mol. The Bertz CT molecular complexity index is 463. The molecule has 0 aromatic heterocycles. The lowest BCUT2D eigenvalue weighted by atomic mass is 10.1. The minimum Gasteiger partial charge on any atom is -0.495 e. The number of carbonyl (C=O) groups excluding carboxylic acids is 2. The van der Waals surface area contributed by atoms with Gasteiger partial charge in [0.05, 0.1) is 12.8 Å². The van der Waals surface area contributed by atoms with Gasteiger partial charge in [0.2, 0.25) is 11.8 Å². The number of nitrogens with two attached hydrogens (primary N) is 1. The van der Waals surface area contributed by atoms with E-state index in [1.807, 2.05) is 0 Å². The Hall–Kier alpha value is -1.75. The number of amides is 2. The number of methoxy groups -OCH3 is 1. The van der Waals surface area contributed by atoms with E-state index in [2.05, 4.69) is 5.32 Å². The molecule has 0 bridgehead atoms. The Kier molecular flexibility index (Phi) is 4.97. The first-order valence-corrected chi connectivity index (χ1v) is 5.87. The maximum atomic E-state index is 11.7. The fraction of sp³-hybridized carbons (Fsp3) is 0.333. The number of carbonyl (C=O) groups is 2. The highest BCUT2D eigenvalue weighted by atomic mass is 35.5. The highest BCUT2D eigenvalue weighted by Gasteiger charge is 2.15. The first-order valence-electron chi connectivity index (χ1n) is 5.34. The van der Waals surface area contributed by atoms with E-state index in [-0.39, 0.29) is 17.7 Å². The Morgan fingerprint density at radius 2 is 2.17 bits per heavy atom. The van der Waals surface area contributed by atoms with E-state index in [4.69, 9.17) is 22.1 Å². The van der Waals surface area contributed by atoms with E-state index in [1.54, 1.807) is 13.0 Å². The Labute approximate surface area is 110 Å². The minimum atomic E-state index is -0.571. The van der Waals surface area contributed by atoms with Gasteiger partial charge in [-0.05, 0) is 18.2 Å². The van der Waals surface area contributed by atoms with Crippen molar-refractivity contribution in [3.8, 4) is 5.75 Å². The molecule has 0 heterocycles. The number of hydrogen-bond acceptors (Lipinski definition) is 3. The molecule has 1 aromatic carbocycles. The summed E-state index contributed by atoms with van der Waals surface area (Å²) in [6, 6.07) is 4.57. The van der Waals surface area contributed by atoms with Gasteiger partial charge in [-0.3, -0.25) is 9.59 Å². The molecule has 0 aliphatic carbocycles. The van der Waals surface area contributed by atoms with Gasteiger partial charge in [0.15, 0.2) is 0 Å². The SMILES string of the molecule is COc1ccc(C(N)=O)cc1NC(=O)C(C)CCl. The predicted octanol–water partition coefficient (Wildman–Crippen LogP) is 1.61. The normalized spacial score (nSPS) is 11.7. The van der Waals surface area contributed by atoms with Crippen LogP contribution in [0.5, 0.6) is 5.75 Å². The molecular weight excluding hydrogens is 256 g/mol. The lowest BCUT2D eigenvalue weighted by molar-refractivity contribution is -0.118. The van der Waals surface area contributed by atoms with Crippen LogP contribution in [-0.2, 0) is 4.79 Å². The molecule has 2 amide bonds. The van der Waals surface area contributed by atoms with Crippen LogP contribution in [-0.4, -0.2) is 24.8 Å². The fourth-order valence-electron chi connectivity index (χ4n) is 1.28. The quantitative estimate of drug-likeness (QED) is 0.798. The second-order valence-corrected chi connectivity index (χ2v) is 4.13. The molecule has 98 valence electrons. The van der Waals surface area contributed by atoms with E-state index >= 15 is 0 Å². The lowest BCUT2D eigenvalue weighted by Gasteiger charge is -2.13. The summed E-state index contributed by atoms with van der Waals surface area (Å²) in [7, 11) is 1.47. The van der Waals surface area contributed by atoms with Crippen molar-refractivity contribution in [2.75, 3.05) is 18.3 Å². The average Bonchev–Trinajstić information content (AvgIpc) is 2.37. The molecule has 6 heteroatoms. The van der Waals surface area contributed by atoms with Crippen LogP contribution in [0.3, 0.4) is 0 Å². The van der Waals surface area contributed by atoms with Gasteiger partial charge in [0.1, 0.15) is 5.75 Å². The molecule has 1 rings (SSSR count). The van der Waals surface area contributed by atoms with Crippen LogP contribution in [0.2, 0.25) is 0 Å². The Morgan fingerprint density at radius 1 is 1.50 bits per heavy atom. The van der Waals surface area contributed by atoms with Crippen LogP contribution >= 0.6 is 11.6 Å². The highest BCUT2D eigenvalue weighted by molar-refractivity contribution is 6.19. The summed E-state index contributed by atoms with van der Waals surface area (Å²) >= 11 is 5.60. The largest absolute Gasteiger partial charge is 0.495 e. The molecule has 0 radical (unpaired) electrons. The molecule has 3 N–H and O–H groups in total. The van der Waals surface area contributed by atoms with Gasteiger partial charge in [-0.15, -0.1) is 11.6 Å². The lowest BCUT2D eigenvalue weighted by Crippen LogP contribution is -2.22. The summed E-state index contributed by atoms with van der Waals surface area (Å²) in [5, 5.41) is 2.65. The van der Waals surface area contributed by atoms with Gasteiger partial charge in [0, 0.05) is 17.4 Å². The number of primary amides is 1. The minimum absolute atomic E-state index is 0.212. The first-order chi connectivity index (χ1) is 8.49. The van der Waals surface area contributed by atoms with Crippen molar-refractivity contribution < 1.29 is 14.3 Å². The van der Waals surface area contributed by atoms with Crippen LogP contribution in [0, 0.1) is 5.92 Å². The number of anilines is 1. The first kappa shape index (κ1) is 14.3. The second kappa shape index (κ2) is 6.26. The topological polar surface area (TPSA) is 81.4 Å². The summed E-state index contributed by atoms with van der Waals surface area (Å²) in [5.74, 6) is -0.490. The van der Waals surface area contributed by atoms with E-state index < -0.39 is 5.91 Å². The van der Waals surface area contributed by atoms with Crippen molar-refractivity contribution in [3.63, 3.8) is 0 Å². The smallest absolute Gasteiger partial charge is 0.248 e. The van der Waals surface area contributed by atoms with Crippen LogP contribution < -0.4 is 15.8 Å². The van der Waals surface area contributed by atoms with E-state index in [0.29, 0.717) is 17.0 Å². The Morgan fingerprint density at radius 3 is 2.67 bits per heavy atom. The number of alkyl halides is 1. The molecule has 5 nitrogen and oxygen atoms in total. The molecule has 0 spiro atoms. The summed E-state index contributed by atoms with van der Waals surface area (Å²) in [5.41, 5.74) is 5.87. The van der Waals surface area contributed by atoms with Crippen molar-refractivity contribution in [2.45, 2.75) is 6.92 Å². The van der Waals surface area contributed by atoms with Gasteiger partial charge in [-0.1, -0.05) is 6.92 Å². The number of hydrogen-bond donors (Lipinski definition) is 2. The molecule has 1 unspecified atom stereocenters. The number of nitrogens with one attached hydrogen (secondary N) is 1. The van der Waals surface area contributed by atoms with E-state index in [1.165, 1.54) is 19.2 Å². The standard InChI is InChI=1S/C12H15ClN2O3/c1-7(6-13)12(17)15-9-5-8(11(14)16)3-4-10(9)18-2/h3-5,7H,6H2,1-2H3,(H2,14,16)(H,15,17). The zero-order valence-electron chi connectivity index (χ0n) is 10.2.